The van der Waals surface area contributed by atoms with Crippen LogP contribution in [-0.4, -0.2) is 5.71 Å². The van der Waals surface area contributed by atoms with E-state index in [1.54, 1.807) is 0 Å². The summed E-state index contributed by atoms with van der Waals surface area (Å²) >= 11 is 0. The molecule has 0 heterocycles. The molecule has 0 atom stereocenters. The molecule has 0 aliphatic carbocycles. The van der Waals surface area contributed by atoms with Crippen LogP contribution < -0.4 is 5.11 Å². The zero-order valence-corrected chi connectivity index (χ0v) is 9.69. The van der Waals surface area contributed by atoms with E-state index in [4.69, 9.17) is 0 Å². The molecule has 1 aromatic rings. The first kappa shape index (κ1) is 13.1. The molecule has 0 spiro atoms. The van der Waals surface area contributed by atoms with E-state index >= 15 is 0 Å². The monoisotopic (exact) mass is 280 g/mol. The third kappa shape index (κ3) is 4.96. The van der Waals surface area contributed by atoms with Crippen molar-refractivity contribution in [2.24, 2.45) is 4.99 Å². The molecule has 78 valence electrons. The summed E-state index contributed by atoms with van der Waals surface area (Å²) in [5, 5.41) is 10.7. The minimum atomic E-state index is 0. The molecule has 0 aliphatic rings. The average Bonchev–Trinajstić information content (AvgIpc) is 2.04. The Labute approximate surface area is 98.0 Å². The Bertz CT molecular complexity index is 326. The first-order chi connectivity index (χ1) is 6.18. The summed E-state index contributed by atoms with van der Waals surface area (Å²) in [6.45, 7) is 3.33. The fourth-order valence-corrected chi connectivity index (χ4v) is 1.03. The van der Waals surface area contributed by atoms with Gasteiger partial charge in [-0.2, -0.15) is 0 Å². The van der Waals surface area contributed by atoms with Crippen LogP contribution in [0.4, 0.5) is 5.69 Å². The van der Waals surface area contributed by atoms with Crippen LogP contribution in [0, 0.1) is 0 Å². The number of hydrogen-bond donors (Lipinski definition) is 0. The van der Waals surface area contributed by atoms with Crippen molar-refractivity contribution >= 4 is 11.4 Å². The van der Waals surface area contributed by atoms with Gasteiger partial charge in [0.15, 0.2) is 0 Å². The molecule has 2 nitrogen and oxygen atoms in total. The third-order valence-corrected chi connectivity index (χ3v) is 1.47. The predicted octanol–water partition coefficient (Wildman–Crippen LogP) is 2.04. The van der Waals surface area contributed by atoms with Crippen LogP contribution in [0.3, 0.4) is 0 Å². The van der Waals surface area contributed by atoms with Gasteiger partial charge in [-0.3, -0.25) is 4.99 Å². The number of nitrogens with zero attached hydrogens (tertiary/aromatic N) is 1. The minimum Gasteiger partial charge on any atom is -0.876 e. The molecule has 1 rings (SSSR count). The summed E-state index contributed by atoms with van der Waals surface area (Å²) in [7, 11) is 0. The normalized spacial score (nSPS) is 12.1. The summed E-state index contributed by atoms with van der Waals surface area (Å²) in [5.41, 5.74) is 1.61. The van der Waals surface area contributed by atoms with Crippen molar-refractivity contribution in [2.75, 3.05) is 0 Å². The molecule has 1 aromatic carbocycles. The van der Waals surface area contributed by atoms with Gasteiger partial charge in [-0.15, -0.1) is 5.76 Å². The maximum atomic E-state index is 10.7. The Balaban J connectivity index is 0.00000169. The minimum absolute atomic E-state index is 0. The molecule has 0 fully saturated rings. The standard InChI is InChI=1S/C11H13NO.Pd/c1-9(8-10(2)13)12-11-6-4-3-5-7-11;/h3-8,13H,1-2H3;/p-1/b10-8-,12-9?;. The third-order valence-electron chi connectivity index (χ3n) is 1.47. The van der Waals surface area contributed by atoms with Gasteiger partial charge in [0.1, 0.15) is 0 Å². The van der Waals surface area contributed by atoms with E-state index in [9.17, 15) is 5.11 Å². The second-order valence-electron chi connectivity index (χ2n) is 2.84. The van der Waals surface area contributed by atoms with Crippen LogP contribution in [0.15, 0.2) is 47.2 Å². The van der Waals surface area contributed by atoms with Crippen molar-refractivity contribution in [1.29, 1.82) is 0 Å². The number of rotatable bonds is 2. The first-order valence-corrected chi connectivity index (χ1v) is 4.14. The number of benzene rings is 1. The molecule has 0 saturated carbocycles. The van der Waals surface area contributed by atoms with E-state index in [2.05, 4.69) is 4.99 Å². The molecule has 0 amide bonds. The Morgan fingerprint density at radius 1 is 1.21 bits per heavy atom. The topological polar surface area (TPSA) is 35.4 Å². The number of hydrogen-bond acceptors (Lipinski definition) is 2. The fraction of sp³-hybridized carbons (Fsp3) is 0.182. The van der Waals surface area contributed by atoms with Crippen LogP contribution in [-0.2, 0) is 20.4 Å². The number of para-hydroxylation sites is 1. The molecule has 0 aliphatic heterocycles. The van der Waals surface area contributed by atoms with Crippen molar-refractivity contribution < 1.29 is 25.5 Å². The van der Waals surface area contributed by atoms with Gasteiger partial charge in [0.2, 0.25) is 0 Å². The van der Waals surface area contributed by atoms with E-state index in [0.717, 1.165) is 11.4 Å². The molecule has 0 N–H and O–H groups in total. The van der Waals surface area contributed by atoms with Crippen LogP contribution in [0.5, 0.6) is 0 Å². The smallest absolute Gasteiger partial charge is 0.0632 e. The molecule has 0 unspecified atom stereocenters. The molecule has 0 bridgehead atoms. The van der Waals surface area contributed by atoms with Gasteiger partial charge < -0.3 is 5.11 Å². The van der Waals surface area contributed by atoms with Gasteiger partial charge in [-0.25, -0.2) is 0 Å². The van der Waals surface area contributed by atoms with E-state index < -0.39 is 0 Å². The van der Waals surface area contributed by atoms with E-state index in [1.165, 1.54) is 13.0 Å². The van der Waals surface area contributed by atoms with Gasteiger partial charge in [0.05, 0.1) is 5.69 Å². The quantitative estimate of drug-likeness (QED) is 0.464. The Morgan fingerprint density at radius 3 is 2.29 bits per heavy atom. The molecule has 0 saturated heterocycles. The second-order valence-corrected chi connectivity index (χ2v) is 2.84. The SMILES string of the molecule is CC(/C=C(/C)[O-])=Nc1ccccc1.[Pd]. The van der Waals surface area contributed by atoms with E-state index in [-0.39, 0.29) is 26.2 Å². The average molecular weight is 281 g/mol. The molecule has 0 aromatic heterocycles. The molecular weight excluding hydrogens is 269 g/mol. The molecule has 0 radical (unpaired) electrons. The van der Waals surface area contributed by atoms with Crippen molar-refractivity contribution in [2.45, 2.75) is 13.8 Å². The van der Waals surface area contributed by atoms with Crippen molar-refractivity contribution in [3.8, 4) is 0 Å². The van der Waals surface area contributed by atoms with E-state index in [0.29, 0.717) is 0 Å². The van der Waals surface area contributed by atoms with Crippen LogP contribution in [0.1, 0.15) is 13.8 Å². The Kier molecular flexibility index (Phi) is 6.11. The largest absolute Gasteiger partial charge is 0.876 e. The fourth-order valence-electron chi connectivity index (χ4n) is 1.03. The van der Waals surface area contributed by atoms with Crippen LogP contribution in [0.25, 0.3) is 0 Å². The summed E-state index contributed by atoms with van der Waals surface area (Å²) in [6.07, 6.45) is 1.52. The number of allylic oxidation sites excluding steroid dienone is 2. The van der Waals surface area contributed by atoms with Crippen molar-refractivity contribution in [1.82, 2.24) is 0 Å². The van der Waals surface area contributed by atoms with Crippen molar-refractivity contribution in [3.05, 3.63) is 42.2 Å². The maximum absolute atomic E-state index is 10.7. The summed E-state index contributed by atoms with van der Waals surface area (Å²) in [4.78, 5) is 4.24. The zero-order valence-electron chi connectivity index (χ0n) is 8.14. The zero-order chi connectivity index (χ0) is 9.68. The van der Waals surface area contributed by atoms with Gasteiger partial charge in [-0.05, 0) is 19.1 Å². The Hall–Kier alpha value is -0.908. The van der Waals surface area contributed by atoms with Gasteiger partial charge in [0.25, 0.3) is 0 Å². The van der Waals surface area contributed by atoms with Crippen molar-refractivity contribution in [3.63, 3.8) is 0 Å². The van der Waals surface area contributed by atoms with E-state index in [1.807, 2.05) is 37.3 Å². The molecular formula is C11H12NOPd-. The summed E-state index contributed by atoms with van der Waals surface area (Å²) in [5.74, 6) is 0.0252. The Morgan fingerprint density at radius 2 is 1.79 bits per heavy atom. The molecule has 14 heavy (non-hydrogen) atoms. The second kappa shape index (κ2) is 6.53. The summed E-state index contributed by atoms with van der Waals surface area (Å²) < 4.78 is 0. The van der Waals surface area contributed by atoms with Gasteiger partial charge >= 0.3 is 0 Å². The number of aliphatic imine (C=N–C) groups is 1. The van der Waals surface area contributed by atoms with Crippen LogP contribution >= 0.6 is 0 Å². The van der Waals surface area contributed by atoms with Gasteiger partial charge in [0, 0.05) is 26.1 Å². The van der Waals surface area contributed by atoms with Crippen LogP contribution in [0.2, 0.25) is 0 Å². The maximum Gasteiger partial charge on any atom is 0.0632 e. The predicted molar refractivity (Wildman–Crippen MR) is 53.0 cm³/mol. The summed E-state index contributed by atoms with van der Waals surface area (Å²) in [6, 6.07) is 9.57. The molecule has 3 heteroatoms. The van der Waals surface area contributed by atoms with Gasteiger partial charge in [-0.1, -0.05) is 31.2 Å². The first-order valence-electron chi connectivity index (χ1n) is 4.14.